The molecule has 3 atom stereocenters. The fourth-order valence-corrected chi connectivity index (χ4v) is 6.15. The second kappa shape index (κ2) is 9.66. The highest BCUT2D eigenvalue weighted by Crippen LogP contribution is 2.46. The van der Waals surface area contributed by atoms with Gasteiger partial charge in [-0.15, -0.1) is 0 Å². The van der Waals surface area contributed by atoms with Crippen LogP contribution in [0.5, 0.6) is 0 Å². The van der Waals surface area contributed by atoms with E-state index < -0.39 is 17.0 Å². The molecule has 1 saturated heterocycles. The Morgan fingerprint density at radius 2 is 2.08 bits per heavy atom. The number of nitrogens with one attached hydrogen (secondary N) is 1. The number of benzene rings is 2. The van der Waals surface area contributed by atoms with E-state index in [1.807, 2.05) is 61.2 Å². The Bertz CT molecular complexity index is 1460. The van der Waals surface area contributed by atoms with E-state index in [2.05, 4.69) is 16.4 Å². The molecule has 38 heavy (non-hydrogen) atoms. The van der Waals surface area contributed by atoms with Crippen molar-refractivity contribution in [3.63, 3.8) is 0 Å². The number of anilines is 1. The highest BCUT2D eigenvalue weighted by molar-refractivity contribution is 6.07. The number of aldehydes is 1. The summed E-state index contributed by atoms with van der Waals surface area (Å²) < 4.78 is 0. The molecule has 2 amide bonds. The first-order chi connectivity index (χ1) is 18.2. The lowest BCUT2D eigenvalue weighted by Gasteiger charge is -2.42. The van der Waals surface area contributed by atoms with E-state index >= 15 is 0 Å². The fourth-order valence-electron chi connectivity index (χ4n) is 6.15. The first-order valence-electron chi connectivity index (χ1n) is 12.9. The van der Waals surface area contributed by atoms with Gasteiger partial charge in [-0.05, 0) is 54.0 Å². The van der Waals surface area contributed by atoms with Gasteiger partial charge in [-0.25, -0.2) is 0 Å². The Morgan fingerprint density at radius 3 is 2.82 bits per heavy atom. The van der Waals surface area contributed by atoms with Crippen molar-refractivity contribution in [3.8, 4) is 6.07 Å². The fraction of sp³-hybridized carbons (Fsp3) is 0.367. The molecular formula is C30H31N5O3. The van der Waals surface area contributed by atoms with Crippen molar-refractivity contribution in [2.24, 2.45) is 5.92 Å². The normalized spacial score (nSPS) is 22.2. The van der Waals surface area contributed by atoms with Crippen LogP contribution in [0.4, 0.5) is 5.69 Å². The first-order valence-corrected chi connectivity index (χ1v) is 12.9. The van der Waals surface area contributed by atoms with Crippen LogP contribution in [0.3, 0.4) is 0 Å². The molecule has 3 aromatic rings. The van der Waals surface area contributed by atoms with Gasteiger partial charge < -0.3 is 15.0 Å². The standard InChI is InChI=1S/C30H31N5O3/c1-20(2)13-29(19-36,34(3)27(37)22-8-9-23-16-32-11-10-21(23)12-22)17-35-18-30(14-24(35)15-31)25-6-4-5-7-26(25)33-28(30)38/h4-12,16,19-20,24H,13-14,17-18H2,1-3H3,(H,33,38)/t24-,29-,30-/m0/s1. The molecule has 1 aromatic heterocycles. The van der Waals surface area contributed by atoms with Crippen molar-refractivity contribution in [1.82, 2.24) is 14.8 Å². The van der Waals surface area contributed by atoms with Crippen LogP contribution in [0, 0.1) is 17.2 Å². The minimum absolute atomic E-state index is 0.103. The highest BCUT2D eigenvalue weighted by Gasteiger charge is 2.56. The summed E-state index contributed by atoms with van der Waals surface area (Å²) in [5, 5.41) is 14.9. The average Bonchev–Trinajstić information content (AvgIpc) is 3.43. The molecule has 0 aliphatic carbocycles. The molecule has 0 radical (unpaired) electrons. The van der Waals surface area contributed by atoms with Crippen molar-refractivity contribution in [3.05, 3.63) is 72.1 Å². The lowest BCUT2D eigenvalue weighted by Crippen LogP contribution is -2.59. The minimum Gasteiger partial charge on any atom is -0.328 e. The van der Waals surface area contributed by atoms with E-state index in [1.165, 1.54) is 4.90 Å². The molecule has 3 heterocycles. The number of pyridine rings is 1. The topological polar surface area (TPSA) is 106 Å². The number of rotatable bonds is 7. The van der Waals surface area contributed by atoms with Gasteiger partial charge in [0.1, 0.15) is 11.8 Å². The quantitative estimate of drug-likeness (QED) is 0.486. The van der Waals surface area contributed by atoms with Gasteiger partial charge in [0, 0.05) is 49.2 Å². The summed E-state index contributed by atoms with van der Waals surface area (Å²) in [5.41, 5.74) is 0.0635. The van der Waals surface area contributed by atoms with Gasteiger partial charge in [0.2, 0.25) is 5.91 Å². The molecule has 8 nitrogen and oxygen atoms in total. The van der Waals surface area contributed by atoms with Gasteiger partial charge in [0.05, 0.1) is 17.5 Å². The number of fused-ring (bicyclic) bond motifs is 3. The monoisotopic (exact) mass is 509 g/mol. The van der Waals surface area contributed by atoms with Crippen molar-refractivity contribution >= 4 is 34.6 Å². The zero-order valence-corrected chi connectivity index (χ0v) is 21.8. The smallest absolute Gasteiger partial charge is 0.254 e. The number of hydrogen-bond donors (Lipinski definition) is 1. The molecule has 2 aromatic carbocycles. The molecule has 5 rings (SSSR count). The molecule has 194 valence electrons. The number of aromatic nitrogens is 1. The van der Waals surface area contributed by atoms with Gasteiger partial charge in [-0.2, -0.15) is 5.26 Å². The summed E-state index contributed by atoms with van der Waals surface area (Å²) in [4.78, 5) is 47.5. The maximum atomic E-state index is 13.8. The summed E-state index contributed by atoms with van der Waals surface area (Å²) in [5.74, 6) is -0.300. The number of hydrogen-bond acceptors (Lipinski definition) is 6. The maximum Gasteiger partial charge on any atom is 0.254 e. The largest absolute Gasteiger partial charge is 0.328 e. The minimum atomic E-state index is -1.19. The van der Waals surface area contributed by atoms with Crippen molar-refractivity contribution in [1.29, 1.82) is 5.26 Å². The molecule has 2 aliphatic heterocycles. The third-order valence-corrected chi connectivity index (χ3v) is 8.05. The number of likely N-dealkylation sites (N-methyl/N-ethyl adjacent to an activating group) is 1. The van der Waals surface area contributed by atoms with Gasteiger partial charge in [0.15, 0.2) is 0 Å². The van der Waals surface area contributed by atoms with E-state index in [1.54, 1.807) is 25.5 Å². The van der Waals surface area contributed by atoms with Crippen LogP contribution in [0.2, 0.25) is 0 Å². The molecule has 0 unspecified atom stereocenters. The lowest BCUT2D eigenvalue weighted by molar-refractivity contribution is -0.120. The van der Waals surface area contributed by atoms with Crippen LogP contribution >= 0.6 is 0 Å². The zero-order chi connectivity index (χ0) is 27.1. The number of para-hydroxylation sites is 1. The number of carbonyl (C=O) groups is 3. The van der Waals surface area contributed by atoms with Crippen LogP contribution in [0.25, 0.3) is 10.8 Å². The maximum absolute atomic E-state index is 13.8. The molecule has 1 N–H and O–H groups in total. The molecular weight excluding hydrogens is 478 g/mol. The van der Waals surface area contributed by atoms with Gasteiger partial charge in [-0.3, -0.25) is 19.5 Å². The van der Waals surface area contributed by atoms with Crippen molar-refractivity contribution in [2.45, 2.75) is 43.7 Å². The number of amides is 2. The Kier molecular flexibility index (Phi) is 6.49. The SMILES string of the molecule is CC(C)C[C@@](C=O)(CN1C[C@]2(C[C@H]1C#N)C(=O)Nc1ccccc12)N(C)C(=O)c1ccc2cnccc2c1. The summed E-state index contributed by atoms with van der Waals surface area (Å²) in [6.45, 7) is 4.47. The molecule has 1 spiro atoms. The number of likely N-dealkylation sites (tertiary alicyclic amines) is 1. The average molecular weight is 510 g/mol. The number of carbonyl (C=O) groups excluding carboxylic acids is 3. The molecule has 0 bridgehead atoms. The third kappa shape index (κ3) is 4.13. The third-order valence-electron chi connectivity index (χ3n) is 8.05. The predicted octanol–water partition coefficient (Wildman–Crippen LogP) is 3.78. The number of nitriles is 1. The van der Waals surface area contributed by atoms with E-state index in [4.69, 9.17) is 0 Å². The molecule has 1 fully saturated rings. The Balaban J connectivity index is 1.49. The van der Waals surface area contributed by atoms with E-state index in [0.717, 1.165) is 28.3 Å². The summed E-state index contributed by atoms with van der Waals surface area (Å²) >= 11 is 0. The van der Waals surface area contributed by atoms with Crippen LogP contribution in [0.1, 0.15) is 42.6 Å². The van der Waals surface area contributed by atoms with E-state index in [-0.39, 0.29) is 24.3 Å². The second-order valence-electron chi connectivity index (χ2n) is 11.0. The van der Waals surface area contributed by atoms with E-state index in [0.29, 0.717) is 24.9 Å². The van der Waals surface area contributed by atoms with Crippen molar-refractivity contribution in [2.75, 3.05) is 25.5 Å². The molecule has 8 heteroatoms. The summed E-state index contributed by atoms with van der Waals surface area (Å²) in [6.07, 6.45) is 5.01. The van der Waals surface area contributed by atoms with Gasteiger partial charge in [-0.1, -0.05) is 38.1 Å². The van der Waals surface area contributed by atoms with Gasteiger partial charge in [0.25, 0.3) is 5.91 Å². The zero-order valence-electron chi connectivity index (χ0n) is 21.8. The predicted molar refractivity (Wildman–Crippen MR) is 144 cm³/mol. The Morgan fingerprint density at radius 1 is 1.29 bits per heavy atom. The van der Waals surface area contributed by atoms with Crippen LogP contribution < -0.4 is 5.32 Å². The van der Waals surface area contributed by atoms with Gasteiger partial charge >= 0.3 is 0 Å². The van der Waals surface area contributed by atoms with Crippen LogP contribution in [0.15, 0.2) is 60.9 Å². The Labute approximate surface area is 222 Å². The Hall–Kier alpha value is -4.09. The molecule has 0 saturated carbocycles. The first kappa shape index (κ1) is 25.6. The van der Waals surface area contributed by atoms with Crippen molar-refractivity contribution < 1.29 is 14.4 Å². The van der Waals surface area contributed by atoms with Crippen LogP contribution in [-0.2, 0) is 15.0 Å². The number of nitrogens with zero attached hydrogens (tertiary/aromatic N) is 4. The summed E-state index contributed by atoms with van der Waals surface area (Å²) in [7, 11) is 1.65. The molecule has 2 aliphatic rings. The highest BCUT2D eigenvalue weighted by atomic mass is 16.2. The van der Waals surface area contributed by atoms with E-state index in [9.17, 15) is 19.6 Å². The lowest BCUT2D eigenvalue weighted by atomic mass is 9.80. The van der Waals surface area contributed by atoms with Crippen LogP contribution in [-0.4, -0.2) is 64.6 Å². The second-order valence-corrected chi connectivity index (χ2v) is 11.0. The summed E-state index contributed by atoms with van der Waals surface area (Å²) in [6, 6.07) is 16.6.